The second kappa shape index (κ2) is 38.8. The number of aromatic hydroxyl groups is 1. The van der Waals surface area contributed by atoms with Gasteiger partial charge in [0.1, 0.15) is 69.7 Å². The fraction of sp³-hybridized carbons (Fsp3) is 0.104. The summed E-state index contributed by atoms with van der Waals surface area (Å²) in [5, 5.41) is 64.5. The van der Waals surface area contributed by atoms with E-state index in [1.807, 2.05) is 211 Å². The Bertz CT molecular complexity index is 7610. The quantitative estimate of drug-likeness (QED) is 0.0358. The van der Waals surface area contributed by atoms with Crippen LogP contribution in [0.2, 0.25) is 0 Å². The van der Waals surface area contributed by atoms with Crippen molar-refractivity contribution in [2.24, 2.45) is 0 Å². The maximum Gasteiger partial charge on any atom is 0.417 e. The molecule has 0 bridgehead atoms. The molecule has 0 radical (unpaired) electrons. The predicted molar refractivity (Wildman–Crippen MR) is 500 cm³/mol. The summed E-state index contributed by atoms with van der Waals surface area (Å²) in [5.74, 6) is 11.8. The summed E-state index contributed by atoms with van der Waals surface area (Å²) < 4.78 is 45.9. The highest BCUT2D eigenvalue weighted by Crippen LogP contribution is 2.40. The first kappa shape index (κ1) is 85.4. The van der Waals surface area contributed by atoms with Crippen LogP contribution in [0.25, 0.3) is 123 Å². The third-order valence-electron chi connectivity index (χ3n) is 20.1. The number of aryl methyl sites for hydroxylation is 6. The maximum atomic E-state index is 13.4. The number of fused-ring (bicyclic) bond motifs is 5. The molecule has 10 aromatic heterocycles. The zero-order chi connectivity index (χ0) is 90.3. The number of benzene rings is 11. The SMILES string of the molecule is CCOc1ccccc1-c1nc(Nc2n[nH]c(C)n2)c2ccccc2n1.CCc1ccccc1-c1nc(Nc2n[nH]c(C)n2)c2ccccc2n1.Cc1nc(Nc2nc(-c3ccccc3-c3ccccc3)nc3ccccc23)n[nH]1.Cc1nc(Nc2nc(-c3ccccc3C(F)(F)F)nc3ccccc23)n[nH]1.Cc1nc(Nc2nc(-c3ccccc3O)nc3ccccc23)n[nH]1. The number of anilines is 10. The van der Waals surface area contributed by atoms with E-state index >= 15 is 0 Å². The number of hydrogen-bond acceptors (Lipinski definition) is 27. The molecular formula is C96H81F3N30O2. The first-order valence-electron chi connectivity index (χ1n) is 41.4. The van der Waals surface area contributed by atoms with Crippen LogP contribution in [-0.2, 0) is 12.6 Å². The molecule has 35 heteroatoms. The van der Waals surface area contributed by atoms with Gasteiger partial charge in [-0.15, -0.1) is 25.5 Å². The Balaban J connectivity index is 0.000000115. The number of nitrogens with one attached hydrogen (secondary N) is 10. The monoisotopic (exact) mass is 1740 g/mol. The summed E-state index contributed by atoms with van der Waals surface area (Å²) in [6.07, 6.45) is -3.59. The number of phenolic OH excluding ortho intramolecular Hbond substituents is 1. The van der Waals surface area contributed by atoms with E-state index in [0.717, 1.165) is 107 Å². The third kappa shape index (κ3) is 20.1. The summed E-state index contributed by atoms with van der Waals surface area (Å²) in [4.78, 5) is 67.8. The van der Waals surface area contributed by atoms with Gasteiger partial charge in [-0.3, -0.25) is 25.5 Å². The maximum absolute atomic E-state index is 13.4. The number of para-hydroxylation sites is 7. The van der Waals surface area contributed by atoms with Gasteiger partial charge >= 0.3 is 6.18 Å². The van der Waals surface area contributed by atoms with Crippen molar-refractivity contribution in [3.63, 3.8) is 0 Å². The van der Waals surface area contributed by atoms with E-state index in [2.05, 4.69) is 160 Å². The van der Waals surface area contributed by atoms with Gasteiger partial charge in [-0.05, 0) is 156 Å². The van der Waals surface area contributed by atoms with Gasteiger partial charge in [0.25, 0.3) is 0 Å². The molecule has 0 spiro atoms. The van der Waals surface area contributed by atoms with E-state index in [1.165, 1.54) is 23.8 Å². The molecule has 21 rings (SSSR count). The van der Waals surface area contributed by atoms with Gasteiger partial charge in [0.2, 0.25) is 29.7 Å². The molecule has 32 nitrogen and oxygen atoms in total. The Kier molecular flexibility index (Phi) is 25.3. The van der Waals surface area contributed by atoms with E-state index in [-0.39, 0.29) is 23.1 Å². The van der Waals surface area contributed by atoms with Crippen LogP contribution < -0.4 is 31.3 Å². The number of aromatic amines is 5. The second-order valence-electron chi connectivity index (χ2n) is 29.3. The Morgan fingerprint density at radius 1 is 0.282 bits per heavy atom. The Morgan fingerprint density at radius 3 is 0.924 bits per heavy atom. The number of ether oxygens (including phenoxy) is 1. The normalized spacial score (nSPS) is 11.1. The molecule has 11 N–H and O–H groups in total. The van der Waals surface area contributed by atoms with Crippen LogP contribution in [0.1, 0.15) is 54.1 Å². The van der Waals surface area contributed by atoms with Gasteiger partial charge in [-0.1, -0.05) is 189 Å². The molecule has 0 saturated heterocycles. The largest absolute Gasteiger partial charge is 0.507 e. The van der Waals surface area contributed by atoms with E-state index in [1.54, 1.807) is 49.4 Å². The van der Waals surface area contributed by atoms with E-state index in [9.17, 15) is 18.3 Å². The third-order valence-corrected chi connectivity index (χ3v) is 20.1. The minimum Gasteiger partial charge on any atom is -0.507 e. The van der Waals surface area contributed by atoms with Crippen LogP contribution in [-0.4, -0.2) is 137 Å². The highest BCUT2D eigenvalue weighted by Gasteiger charge is 2.34. The molecule has 0 unspecified atom stereocenters. The second-order valence-corrected chi connectivity index (χ2v) is 29.3. The van der Waals surface area contributed by atoms with Crippen LogP contribution in [0.15, 0.2) is 273 Å². The minimum absolute atomic E-state index is 0.0311. The zero-order valence-electron chi connectivity index (χ0n) is 71.3. The van der Waals surface area contributed by atoms with Gasteiger partial charge in [-0.2, -0.15) is 38.1 Å². The van der Waals surface area contributed by atoms with Gasteiger partial charge in [0.05, 0.1) is 50.9 Å². The summed E-state index contributed by atoms with van der Waals surface area (Å²) in [7, 11) is 0. The summed E-state index contributed by atoms with van der Waals surface area (Å²) >= 11 is 0. The molecule has 0 aliphatic carbocycles. The molecule has 0 atom stereocenters. The highest BCUT2D eigenvalue weighted by molar-refractivity contribution is 5.97. The molecular weight excluding hydrogens is 1660 g/mol. The average Bonchev–Trinajstić information content (AvgIpc) is 1.68. The lowest BCUT2D eigenvalue weighted by atomic mass is 9.99. The van der Waals surface area contributed by atoms with Crippen LogP contribution in [0.3, 0.4) is 0 Å². The Morgan fingerprint density at radius 2 is 0.565 bits per heavy atom. The number of aromatic nitrogens is 25. The molecule has 0 aliphatic heterocycles. The minimum atomic E-state index is -4.51. The number of halogens is 3. The van der Waals surface area contributed by atoms with Gasteiger partial charge in [0, 0.05) is 43.6 Å². The van der Waals surface area contributed by atoms with Crippen molar-refractivity contribution in [3.8, 4) is 79.6 Å². The molecule has 21 aromatic rings. The smallest absolute Gasteiger partial charge is 0.417 e. The first-order valence-corrected chi connectivity index (χ1v) is 41.4. The van der Waals surface area contributed by atoms with Crippen molar-refractivity contribution in [3.05, 3.63) is 313 Å². The van der Waals surface area contributed by atoms with Crippen LogP contribution in [0, 0.1) is 34.6 Å². The summed E-state index contributed by atoms with van der Waals surface area (Å²) in [5.41, 5.74) is 9.82. The Hall–Kier alpha value is -17.8. The number of phenols is 1. The van der Waals surface area contributed by atoms with Crippen molar-refractivity contribution in [2.45, 2.75) is 61.1 Å². The fourth-order valence-electron chi connectivity index (χ4n) is 14.1. The van der Waals surface area contributed by atoms with Gasteiger partial charge in [-0.25, -0.2) is 49.8 Å². The number of H-pyrrole nitrogens is 5. The fourth-order valence-corrected chi connectivity index (χ4v) is 14.1. The molecule has 11 aromatic carbocycles. The summed E-state index contributed by atoms with van der Waals surface area (Å²) in [6, 6.07) is 85.0. The average molecular weight is 1740 g/mol. The van der Waals surface area contributed by atoms with E-state index in [4.69, 9.17) is 34.6 Å². The van der Waals surface area contributed by atoms with Crippen molar-refractivity contribution in [2.75, 3.05) is 33.2 Å². The predicted octanol–water partition coefficient (Wildman–Crippen LogP) is 20.7. The van der Waals surface area contributed by atoms with Gasteiger partial charge < -0.3 is 36.4 Å². The first-order chi connectivity index (χ1) is 63.9. The molecule has 0 amide bonds. The molecule has 0 fully saturated rings. The number of hydrogen-bond donors (Lipinski definition) is 11. The topological polar surface area (TPSA) is 426 Å². The standard InChI is InChI=1S/C23H18N6.C19H18N6O.C19H18N6.C18H13F3N6.C17H14N6O/c1-15-24-23(29-28-15)27-22-19-13-7-8-14-20(19)25-21(26-22)18-12-6-5-11-17(18)16-9-3-2-4-10-16;1-3-26-16-11-7-5-9-14(16)18-21-15-10-6-4-8-13(15)17(22-18)23-19-20-12(2)24-25-19;1-3-13-8-4-5-9-14(13)17-21-16-11-7-6-10-15(16)18(22-17)23-19-20-12(2)24-25-19;1-10-22-17(27-26-10)25-16-12-7-3-5-9-14(12)23-15(24-16)11-6-2-4-8-13(11)18(19,20)21;1-10-18-17(23-22-10)21-15-11-6-2-4-8-13(11)19-16(20-15)12-7-3-5-9-14(12)24/h2-14H,1H3,(H2,24,25,26,27,28,29);4-11H,3H2,1-2H3,(H2,20,21,22,23,24,25);4-11H,3H2,1-2H3,(H2,20,21,22,23,24,25);2-9H,1H3,(H2,22,23,24,25,26,27);2-9,24H,1H3,(H2,18,19,20,21,22,23). The number of alkyl halides is 3. The van der Waals surface area contributed by atoms with Crippen molar-refractivity contribution in [1.82, 2.24) is 126 Å². The zero-order valence-corrected chi connectivity index (χ0v) is 71.3. The van der Waals surface area contributed by atoms with Crippen LogP contribution in [0.5, 0.6) is 11.5 Å². The molecule has 10 heterocycles. The van der Waals surface area contributed by atoms with E-state index < -0.39 is 11.7 Å². The Labute approximate surface area is 745 Å². The molecule has 0 aliphatic rings. The molecule has 131 heavy (non-hydrogen) atoms. The number of rotatable bonds is 19. The summed E-state index contributed by atoms with van der Waals surface area (Å²) in [6.45, 7) is 13.8. The lowest BCUT2D eigenvalue weighted by molar-refractivity contribution is -0.137. The van der Waals surface area contributed by atoms with Gasteiger partial charge in [0.15, 0.2) is 29.1 Å². The van der Waals surface area contributed by atoms with Crippen LogP contribution in [0.4, 0.5) is 72.0 Å². The highest BCUT2D eigenvalue weighted by atomic mass is 19.4. The molecule has 648 valence electrons. The lowest BCUT2D eigenvalue weighted by Crippen LogP contribution is -2.09. The van der Waals surface area contributed by atoms with Crippen molar-refractivity contribution < 1.29 is 23.0 Å². The van der Waals surface area contributed by atoms with Crippen LogP contribution >= 0.6 is 0 Å². The molecule has 0 saturated carbocycles. The van der Waals surface area contributed by atoms with Crippen molar-refractivity contribution >= 4 is 113 Å². The lowest BCUT2D eigenvalue weighted by Gasteiger charge is -2.13. The van der Waals surface area contributed by atoms with E-state index in [0.29, 0.717) is 111 Å². The van der Waals surface area contributed by atoms with Crippen molar-refractivity contribution in [1.29, 1.82) is 0 Å². The number of nitrogens with zero attached hydrogens (tertiary/aromatic N) is 20.